The molecule has 0 aromatic heterocycles. The smallest absolute Gasteiger partial charge is 0.237 e. The number of hydrogen-bond donors (Lipinski definition) is 2. The van der Waals surface area contributed by atoms with Crippen LogP contribution in [-0.2, 0) is 26.1 Å². The molecule has 0 unspecified atom stereocenters. The molecule has 0 radical (unpaired) electrons. The van der Waals surface area contributed by atoms with Crippen molar-refractivity contribution in [2.75, 3.05) is 16.4 Å². The van der Waals surface area contributed by atoms with Crippen molar-refractivity contribution in [2.24, 2.45) is 0 Å². The van der Waals surface area contributed by atoms with Gasteiger partial charge in [0.05, 0.1) is 5.75 Å². The molecule has 24 heavy (non-hydrogen) atoms. The van der Waals surface area contributed by atoms with Crippen molar-refractivity contribution in [1.29, 1.82) is 0 Å². The lowest BCUT2D eigenvalue weighted by atomic mass is 10.2. The molecule has 0 aliphatic heterocycles. The highest BCUT2D eigenvalue weighted by Gasteiger charge is 2.11. The Morgan fingerprint density at radius 2 is 1.58 bits per heavy atom. The lowest BCUT2D eigenvalue weighted by Gasteiger charge is -2.08. The van der Waals surface area contributed by atoms with Crippen LogP contribution in [0, 0.1) is 0 Å². The number of carbonyl (C=O) groups is 2. The first-order valence-electron chi connectivity index (χ1n) is 7.20. The van der Waals surface area contributed by atoms with Crippen molar-refractivity contribution in [3.05, 3.63) is 59.1 Å². The molecule has 0 spiro atoms. The van der Waals surface area contributed by atoms with Gasteiger partial charge >= 0.3 is 0 Å². The molecule has 0 saturated carbocycles. The van der Waals surface area contributed by atoms with E-state index in [2.05, 4.69) is 10.6 Å². The molecule has 1 atom stereocenters. The van der Waals surface area contributed by atoms with Crippen LogP contribution in [0.25, 0.3) is 0 Å². The summed E-state index contributed by atoms with van der Waals surface area (Å²) < 4.78 is 12.1. The number of amides is 2. The summed E-state index contributed by atoms with van der Waals surface area (Å²) in [6.45, 7) is 1.42. The minimum atomic E-state index is -1.35. The standard InChI is InChI=1S/C17H17ClN2O3S/c1-12(21)19-14-6-8-15(9-7-14)20-17(22)11-24(23)10-13-4-2-3-5-16(13)18/h2-9H,10-11H2,1H3,(H,19,21)(H,20,22)/t24-/m1/s1. The summed E-state index contributed by atoms with van der Waals surface area (Å²) in [4.78, 5) is 22.9. The largest absolute Gasteiger partial charge is 0.326 e. The van der Waals surface area contributed by atoms with Gasteiger partial charge in [0.25, 0.3) is 0 Å². The van der Waals surface area contributed by atoms with Crippen molar-refractivity contribution in [3.8, 4) is 0 Å². The van der Waals surface area contributed by atoms with E-state index in [9.17, 15) is 13.8 Å². The summed E-state index contributed by atoms with van der Waals surface area (Å²) in [7, 11) is -1.35. The zero-order valence-electron chi connectivity index (χ0n) is 13.0. The van der Waals surface area contributed by atoms with E-state index in [-0.39, 0.29) is 23.3 Å². The minimum absolute atomic E-state index is 0.112. The van der Waals surface area contributed by atoms with E-state index < -0.39 is 10.8 Å². The van der Waals surface area contributed by atoms with E-state index in [0.717, 1.165) is 5.56 Å². The Bertz CT molecular complexity index is 763. The van der Waals surface area contributed by atoms with Crippen LogP contribution in [-0.4, -0.2) is 21.8 Å². The maximum atomic E-state index is 12.1. The third-order valence-electron chi connectivity index (χ3n) is 3.06. The molecule has 5 nitrogen and oxygen atoms in total. The molecule has 126 valence electrons. The lowest BCUT2D eigenvalue weighted by molar-refractivity contribution is -0.114. The number of nitrogens with one attached hydrogen (secondary N) is 2. The van der Waals surface area contributed by atoms with Crippen LogP contribution in [0.1, 0.15) is 12.5 Å². The van der Waals surface area contributed by atoms with E-state index >= 15 is 0 Å². The fraction of sp³-hybridized carbons (Fsp3) is 0.176. The van der Waals surface area contributed by atoms with E-state index in [1.807, 2.05) is 6.07 Å². The van der Waals surface area contributed by atoms with Gasteiger partial charge in [-0.3, -0.25) is 13.8 Å². The Balaban J connectivity index is 1.87. The average molecular weight is 365 g/mol. The Morgan fingerprint density at radius 3 is 2.17 bits per heavy atom. The molecule has 0 bridgehead atoms. The van der Waals surface area contributed by atoms with Crippen molar-refractivity contribution >= 4 is 45.6 Å². The highest BCUT2D eigenvalue weighted by Crippen LogP contribution is 2.17. The van der Waals surface area contributed by atoms with E-state index in [1.165, 1.54) is 6.92 Å². The second-order valence-corrected chi connectivity index (χ2v) is 6.99. The monoisotopic (exact) mass is 364 g/mol. The number of rotatable bonds is 6. The maximum Gasteiger partial charge on any atom is 0.237 e. The topological polar surface area (TPSA) is 75.3 Å². The highest BCUT2D eigenvalue weighted by atomic mass is 35.5. The first kappa shape index (κ1) is 18.2. The molecular weight excluding hydrogens is 348 g/mol. The van der Waals surface area contributed by atoms with Crippen LogP contribution >= 0.6 is 11.6 Å². The van der Waals surface area contributed by atoms with Crippen LogP contribution in [0.3, 0.4) is 0 Å². The predicted octanol–water partition coefficient (Wildman–Crippen LogP) is 3.19. The Morgan fingerprint density at radius 1 is 1.00 bits per heavy atom. The normalized spacial score (nSPS) is 11.6. The van der Waals surface area contributed by atoms with Crippen LogP contribution in [0.2, 0.25) is 5.02 Å². The zero-order valence-corrected chi connectivity index (χ0v) is 14.6. The van der Waals surface area contributed by atoms with Gasteiger partial charge in [-0.1, -0.05) is 29.8 Å². The van der Waals surface area contributed by atoms with Gasteiger partial charge in [-0.2, -0.15) is 0 Å². The highest BCUT2D eigenvalue weighted by molar-refractivity contribution is 7.85. The summed E-state index contributed by atoms with van der Waals surface area (Å²) in [6, 6.07) is 13.8. The Hall–Kier alpha value is -2.18. The number of carbonyl (C=O) groups excluding carboxylic acids is 2. The van der Waals surface area contributed by atoms with Crippen molar-refractivity contribution < 1.29 is 13.8 Å². The number of halogens is 1. The van der Waals surface area contributed by atoms with Gasteiger partial charge in [0, 0.05) is 34.1 Å². The fourth-order valence-corrected chi connectivity index (χ4v) is 3.37. The van der Waals surface area contributed by atoms with Gasteiger partial charge in [0.15, 0.2) is 0 Å². The van der Waals surface area contributed by atoms with E-state index in [1.54, 1.807) is 42.5 Å². The molecule has 0 aliphatic rings. The van der Waals surface area contributed by atoms with Crippen LogP contribution in [0.5, 0.6) is 0 Å². The van der Waals surface area contributed by atoms with Crippen molar-refractivity contribution in [2.45, 2.75) is 12.7 Å². The van der Waals surface area contributed by atoms with E-state index in [4.69, 9.17) is 11.6 Å². The second kappa shape index (κ2) is 8.61. The molecule has 7 heteroatoms. The third-order valence-corrected chi connectivity index (χ3v) is 4.64. The fourth-order valence-electron chi connectivity index (χ4n) is 2.02. The first-order valence-corrected chi connectivity index (χ1v) is 9.06. The van der Waals surface area contributed by atoms with Crippen LogP contribution in [0.4, 0.5) is 11.4 Å². The molecule has 0 heterocycles. The van der Waals surface area contributed by atoms with Crippen LogP contribution < -0.4 is 10.6 Å². The third kappa shape index (κ3) is 5.79. The number of anilines is 2. The van der Waals surface area contributed by atoms with Gasteiger partial charge in [0.1, 0.15) is 5.75 Å². The average Bonchev–Trinajstić information content (AvgIpc) is 2.51. The van der Waals surface area contributed by atoms with Crippen molar-refractivity contribution in [1.82, 2.24) is 0 Å². The molecule has 2 amide bonds. The molecule has 2 aromatic rings. The minimum Gasteiger partial charge on any atom is -0.326 e. The summed E-state index contributed by atoms with van der Waals surface area (Å²) >= 11 is 6.02. The molecule has 0 aliphatic carbocycles. The zero-order chi connectivity index (χ0) is 17.5. The van der Waals surface area contributed by atoms with E-state index in [0.29, 0.717) is 16.4 Å². The van der Waals surface area contributed by atoms with Gasteiger partial charge in [-0.25, -0.2) is 0 Å². The number of benzene rings is 2. The molecule has 0 fully saturated rings. The summed E-state index contributed by atoms with van der Waals surface area (Å²) in [5.41, 5.74) is 1.97. The van der Waals surface area contributed by atoms with Gasteiger partial charge < -0.3 is 10.6 Å². The van der Waals surface area contributed by atoms with Gasteiger partial charge in [-0.05, 0) is 35.9 Å². The SMILES string of the molecule is CC(=O)Nc1ccc(NC(=O)C[S@](=O)Cc2ccccc2Cl)cc1. The Labute approximate surface area is 147 Å². The molecule has 0 saturated heterocycles. The molecule has 2 N–H and O–H groups in total. The summed E-state index contributed by atoms with van der Waals surface area (Å²) in [6.07, 6.45) is 0. The van der Waals surface area contributed by atoms with Gasteiger partial charge in [-0.15, -0.1) is 0 Å². The number of hydrogen-bond acceptors (Lipinski definition) is 3. The molecular formula is C17H17ClN2O3S. The second-order valence-electron chi connectivity index (χ2n) is 5.13. The quantitative estimate of drug-likeness (QED) is 0.826. The predicted molar refractivity (Wildman–Crippen MR) is 97.5 cm³/mol. The molecule has 2 aromatic carbocycles. The maximum absolute atomic E-state index is 12.1. The van der Waals surface area contributed by atoms with Crippen molar-refractivity contribution in [3.63, 3.8) is 0 Å². The van der Waals surface area contributed by atoms with Crippen LogP contribution in [0.15, 0.2) is 48.5 Å². The molecule has 2 rings (SSSR count). The first-order chi connectivity index (χ1) is 11.4. The lowest BCUT2D eigenvalue weighted by Crippen LogP contribution is -2.20. The Kier molecular flexibility index (Phi) is 6.52. The summed E-state index contributed by atoms with van der Waals surface area (Å²) in [5.74, 6) is -0.387. The summed E-state index contributed by atoms with van der Waals surface area (Å²) in [5, 5.41) is 5.85. The van der Waals surface area contributed by atoms with Gasteiger partial charge in [0.2, 0.25) is 11.8 Å².